The van der Waals surface area contributed by atoms with Crippen LogP contribution in [0.25, 0.3) is 22.3 Å². The van der Waals surface area contributed by atoms with Gasteiger partial charge in [-0.3, -0.25) is 18.7 Å². The first kappa shape index (κ1) is 24.8. The van der Waals surface area contributed by atoms with Crippen molar-refractivity contribution >= 4 is 22.6 Å². The maximum Gasteiger partial charge on any atom is 0.331 e. The van der Waals surface area contributed by atoms with Gasteiger partial charge in [-0.1, -0.05) is 13.8 Å². The quantitative estimate of drug-likeness (QED) is 0.306. The van der Waals surface area contributed by atoms with E-state index in [9.17, 15) is 23.9 Å². The second-order valence-electron chi connectivity index (χ2n) is 8.36. The molecule has 4 rings (SSSR count). The Morgan fingerprint density at radius 2 is 1.72 bits per heavy atom. The Balaban J connectivity index is 1.52. The van der Waals surface area contributed by atoms with Crippen LogP contribution in [0.3, 0.4) is 0 Å². The normalized spacial score (nSPS) is 11.1. The van der Waals surface area contributed by atoms with Crippen LogP contribution in [-0.4, -0.2) is 31.7 Å². The minimum atomic E-state index is -0.614. The van der Waals surface area contributed by atoms with Crippen molar-refractivity contribution in [2.24, 2.45) is 0 Å². The Bertz CT molecular complexity index is 1520. The van der Waals surface area contributed by atoms with Crippen molar-refractivity contribution in [3.05, 3.63) is 75.2 Å². The van der Waals surface area contributed by atoms with Gasteiger partial charge in [0.25, 0.3) is 11.5 Å². The number of ether oxygens (including phenoxy) is 1. The second kappa shape index (κ2) is 10.5. The van der Waals surface area contributed by atoms with Crippen molar-refractivity contribution in [3.8, 4) is 22.8 Å². The van der Waals surface area contributed by atoms with Gasteiger partial charge in [0.2, 0.25) is 0 Å². The maximum atomic E-state index is 13.1. The zero-order valence-electron chi connectivity index (χ0n) is 20.0. The number of phenolic OH excluding ortho intramolecular Hbond substituents is 1. The van der Waals surface area contributed by atoms with E-state index in [1.165, 1.54) is 10.6 Å². The molecule has 36 heavy (non-hydrogen) atoms. The summed E-state index contributed by atoms with van der Waals surface area (Å²) >= 11 is 0. The number of nitrogens with one attached hydrogen (secondary N) is 2. The zero-order valence-corrected chi connectivity index (χ0v) is 20.0. The van der Waals surface area contributed by atoms with E-state index >= 15 is 0 Å². The molecule has 9 nitrogen and oxygen atoms in total. The highest BCUT2D eigenvalue weighted by Crippen LogP contribution is 2.25. The van der Waals surface area contributed by atoms with Crippen molar-refractivity contribution in [2.45, 2.75) is 39.8 Å². The number of H-pyrrole nitrogens is 1. The number of aromatic nitrogens is 3. The summed E-state index contributed by atoms with van der Waals surface area (Å²) in [5.41, 5.74) is 1.83. The number of halogens is 1. The highest BCUT2D eigenvalue weighted by Gasteiger charge is 2.16. The molecule has 1 amide bonds. The number of aromatic hydroxyl groups is 1. The number of carbonyl (C=O) groups is 1. The summed E-state index contributed by atoms with van der Waals surface area (Å²) in [5, 5.41) is 12.2. The van der Waals surface area contributed by atoms with E-state index in [1.54, 1.807) is 34.9 Å². The standard InChI is InChI=1S/C26H27FN4O5/c1-3-11-30-21-14-20(29-24(21)25(34)31(12-4-2)26(30)35)16-5-8-18(9-6-16)36-15-23(33)28-19-10-7-17(27)13-22(19)32/h5-10,13-14,29,32H,3-4,11-12,15H2,1-2H3,(H,28,33). The molecule has 0 unspecified atom stereocenters. The number of carbonyl (C=O) groups excluding carboxylic acids is 1. The smallest absolute Gasteiger partial charge is 0.331 e. The number of fused-ring (bicyclic) bond motifs is 1. The summed E-state index contributed by atoms with van der Waals surface area (Å²) in [6, 6.07) is 12.0. The van der Waals surface area contributed by atoms with Crippen LogP contribution in [0.4, 0.5) is 10.1 Å². The molecule has 2 heterocycles. The molecule has 3 N–H and O–H groups in total. The fourth-order valence-electron chi connectivity index (χ4n) is 3.98. The number of hydrogen-bond donors (Lipinski definition) is 3. The first-order valence-electron chi connectivity index (χ1n) is 11.7. The van der Waals surface area contributed by atoms with Gasteiger partial charge in [-0.05, 0) is 60.9 Å². The predicted octanol–water partition coefficient (Wildman–Crippen LogP) is 3.84. The summed E-state index contributed by atoms with van der Waals surface area (Å²) in [5.74, 6) is -1.08. The minimum Gasteiger partial charge on any atom is -0.506 e. The molecule has 4 aromatic rings. The van der Waals surface area contributed by atoms with Gasteiger partial charge in [0, 0.05) is 24.8 Å². The number of rotatable bonds is 9. The molecule has 0 saturated heterocycles. The van der Waals surface area contributed by atoms with Crippen LogP contribution >= 0.6 is 0 Å². The van der Waals surface area contributed by atoms with Gasteiger partial charge < -0.3 is 20.1 Å². The van der Waals surface area contributed by atoms with E-state index < -0.39 is 11.7 Å². The number of aromatic amines is 1. The lowest BCUT2D eigenvalue weighted by Crippen LogP contribution is -2.39. The molecular weight excluding hydrogens is 467 g/mol. The number of phenols is 1. The maximum absolute atomic E-state index is 13.1. The number of aryl methyl sites for hydroxylation is 1. The van der Waals surface area contributed by atoms with Gasteiger partial charge in [-0.25, -0.2) is 9.18 Å². The summed E-state index contributed by atoms with van der Waals surface area (Å²) < 4.78 is 21.5. The zero-order chi connectivity index (χ0) is 25.8. The molecule has 0 aliphatic rings. The average molecular weight is 495 g/mol. The van der Waals surface area contributed by atoms with Gasteiger partial charge >= 0.3 is 5.69 Å². The van der Waals surface area contributed by atoms with Gasteiger partial charge in [0.1, 0.15) is 22.8 Å². The lowest BCUT2D eigenvalue weighted by molar-refractivity contribution is -0.118. The Morgan fingerprint density at radius 3 is 2.39 bits per heavy atom. The van der Waals surface area contributed by atoms with E-state index in [0.29, 0.717) is 42.0 Å². The van der Waals surface area contributed by atoms with E-state index in [0.717, 1.165) is 24.1 Å². The molecule has 188 valence electrons. The molecule has 10 heteroatoms. The van der Waals surface area contributed by atoms with Crippen molar-refractivity contribution in [1.29, 1.82) is 0 Å². The van der Waals surface area contributed by atoms with Gasteiger partial charge in [0.15, 0.2) is 6.61 Å². The van der Waals surface area contributed by atoms with Crippen LogP contribution in [0.2, 0.25) is 0 Å². The number of hydrogen-bond acceptors (Lipinski definition) is 5. The Labute approximate surface area is 205 Å². The molecule has 0 aliphatic carbocycles. The van der Waals surface area contributed by atoms with Crippen LogP contribution in [0, 0.1) is 5.82 Å². The third-order valence-corrected chi connectivity index (χ3v) is 5.67. The van der Waals surface area contributed by atoms with Crippen LogP contribution in [0.15, 0.2) is 58.1 Å². The summed E-state index contributed by atoms with van der Waals surface area (Å²) in [4.78, 5) is 41.1. The molecule has 2 aromatic carbocycles. The SMILES string of the molecule is CCCn1c(=O)c2[nH]c(-c3ccc(OCC(=O)Nc4ccc(F)cc4O)cc3)cc2n(CCC)c1=O. The van der Waals surface area contributed by atoms with Crippen LogP contribution < -0.4 is 21.3 Å². The number of anilines is 1. The first-order chi connectivity index (χ1) is 17.3. The lowest BCUT2D eigenvalue weighted by atomic mass is 10.1. The average Bonchev–Trinajstić information content (AvgIpc) is 3.31. The monoisotopic (exact) mass is 494 g/mol. The van der Waals surface area contributed by atoms with Gasteiger partial charge in [-0.15, -0.1) is 0 Å². The van der Waals surface area contributed by atoms with Crippen LogP contribution in [-0.2, 0) is 17.9 Å². The Kier molecular flexibility index (Phi) is 7.23. The highest BCUT2D eigenvalue weighted by molar-refractivity contribution is 5.93. The van der Waals surface area contributed by atoms with Crippen molar-refractivity contribution in [2.75, 3.05) is 11.9 Å². The first-order valence-corrected chi connectivity index (χ1v) is 11.7. The lowest BCUT2D eigenvalue weighted by Gasteiger charge is -2.10. The van der Waals surface area contributed by atoms with Gasteiger partial charge in [-0.2, -0.15) is 0 Å². The van der Waals surface area contributed by atoms with Gasteiger partial charge in [0.05, 0.1) is 11.2 Å². The van der Waals surface area contributed by atoms with Crippen molar-refractivity contribution in [1.82, 2.24) is 14.1 Å². The second-order valence-corrected chi connectivity index (χ2v) is 8.36. The number of benzene rings is 2. The molecule has 2 aromatic heterocycles. The fraction of sp³-hybridized carbons (Fsp3) is 0.269. The highest BCUT2D eigenvalue weighted by atomic mass is 19.1. The molecular formula is C26H27FN4O5. The molecule has 0 saturated carbocycles. The molecule has 0 spiro atoms. The number of amides is 1. The van der Waals surface area contributed by atoms with Crippen LogP contribution in [0.1, 0.15) is 26.7 Å². The molecule has 0 bridgehead atoms. The van der Waals surface area contributed by atoms with Crippen molar-refractivity contribution in [3.63, 3.8) is 0 Å². The van der Waals surface area contributed by atoms with E-state index in [-0.39, 0.29) is 29.3 Å². The summed E-state index contributed by atoms with van der Waals surface area (Å²) in [6.45, 7) is 4.43. The summed E-state index contributed by atoms with van der Waals surface area (Å²) in [7, 11) is 0. The van der Waals surface area contributed by atoms with Crippen LogP contribution in [0.5, 0.6) is 11.5 Å². The van der Waals surface area contributed by atoms with Crippen molar-refractivity contribution < 1.29 is 19.0 Å². The third kappa shape index (κ3) is 5.02. The van der Waals surface area contributed by atoms with E-state index in [1.807, 2.05) is 13.8 Å². The van der Waals surface area contributed by atoms with E-state index in [2.05, 4.69) is 10.3 Å². The predicted molar refractivity (Wildman–Crippen MR) is 135 cm³/mol. The molecule has 0 radical (unpaired) electrons. The largest absolute Gasteiger partial charge is 0.506 e. The molecule has 0 fully saturated rings. The minimum absolute atomic E-state index is 0.0821. The Morgan fingerprint density at radius 1 is 1.03 bits per heavy atom. The topological polar surface area (TPSA) is 118 Å². The fourth-order valence-corrected chi connectivity index (χ4v) is 3.98. The molecule has 0 atom stereocenters. The summed E-state index contributed by atoms with van der Waals surface area (Å²) in [6.07, 6.45) is 1.42. The number of nitrogens with zero attached hydrogens (tertiary/aromatic N) is 2. The Hall–Kier alpha value is -4.34. The molecule has 0 aliphatic heterocycles. The van der Waals surface area contributed by atoms with E-state index in [4.69, 9.17) is 4.74 Å². The third-order valence-electron chi connectivity index (χ3n) is 5.67.